The highest BCUT2D eigenvalue weighted by molar-refractivity contribution is 6.32. The van der Waals surface area contributed by atoms with Gasteiger partial charge in [0.2, 0.25) is 0 Å². The minimum atomic E-state index is -0.975. The van der Waals surface area contributed by atoms with Crippen LogP contribution in [0.25, 0.3) is 0 Å². The maximum absolute atomic E-state index is 11.3. The Bertz CT molecular complexity index is 742. The molecule has 7 heteroatoms. The van der Waals surface area contributed by atoms with Crippen LogP contribution in [0.2, 0.25) is 5.02 Å². The third kappa shape index (κ3) is 2.39. The molecule has 1 aromatic heterocycles. The van der Waals surface area contributed by atoms with Crippen LogP contribution in [0.15, 0.2) is 18.2 Å². The van der Waals surface area contributed by atoms with Crippen LogP contribution in [0.1, 0.15) is 34.6 Å². The van der Waals surface area contributed by atoms with Gasteiger partial charge in [0, 0.05) is 0 Å². The number of rotatable bonds is 4. The van der Waals surface area contributed by atoms with E-state index >= 15 is 0 Å². The summed E-state index contributed by atoms with van der Waals surface area (Å²) in [6.45, 7) is 4.71. The van der Waals surface area contributed by atoms with Crippen molar-refractivity contribution >= 4 is 23.4 Å². The normalized spacial score (nSPS) is 16.2. The van der Waals surface area contributed by atoms with Crippen LogP contribution in [0.5, 0.6) is 5.75 Å². The molecule has 0 bridgehead atoms. The predicted octanol–water partition coefficient (Wildman–Crippen LogP) is 3.11. The number of fused-ring (bicyclic) bond motifs is 1. The van der Waals surface area contributed by atoms with Gasteiger partial charge < -0.3 is 15.2 Å². The highest BCUT2D eigenvalue weighted by Gasteiger charge is 2.30. The van der Waals surface area contributed by atoms with Crippen LogP contribution < -0.4 is 10.1 Å². The molecule has 6 nitrogen and oxygen atoms in total. The van der Waals surface area contributed by atoms with Crippen molar-refractivity contribution in [3.05, 3.63) is 40.0 Å². The molecule has 1 atom stereocenters. The summed E-state index contributed by atoms with van der Waals surface area (Å²) in [7, 11) is 0. The zero-order valence-electron chi connectivity index (χ0n) is 12.3. The van der Waals surface area contributed by atoms with Gasteiger partial charge in [-0.1, -0.05) is 17.7 Å². The average molecular weight is 322 g/mol. The van der Waals surface area contributed by atoms with Crippen molar-refractivity contribution in [2.75, 3.05) is 11.9 Å². The smallest absolute Gasteiger partial charge is 0.341 e. The molecule has 1 aliphatic rings. The zero-order chi connectivity index (χ0) is 15.9. The molecule has 3 rings (SSSR count). The molecule has 1 aromatic carbocycles. The van der Waals surface area contributed by atoms with Crippen LogP contribution in [0, 0.1) is 6.92 Å². The molecule has 0 saturated heterocycles. The molecular weight excluding hydrogens is 306 g/mol. The molecule has 2 heterocycles. The largest absolute Gasteiger partial charge is 0.492 e. The number of anilines is 1. The Morgan fingerprint density at radius 1 is 1.59 bits per heavy atom. The number of ether oxygens (including phenoxy) is 1. The molecular formula is C15H16ClN3O3. The third-order valence-electron chi connectivity index (χ3n) is 3.67. The molecule has 1 aliphatic heterocycles. The van der Waals surface area contributed by atoms with Gasteiger partial charge in [0.15, 0.2) is 0 Å². The summed E-state index contributed by atoms with van der Waals surface area (Å²) in [4.78, 5) is 11.3. The number of aromatic carboxylic acids is 1. The van der Waals surface area contributed by atoms with E-state index in [2.05, 4.69) is 10.4 Å². The number of carbonyl (C=O) groups is 1. The number of nitrogens with one attached hydrogen (secondary N) is 1. The first-order valence-electron chi connectivity index (χ1n) is 7.00. The number of hydrogen-bond acceptors (Lipinski definition) is 4. The Kier molecular flexibility index (Phi) is 3.70. The summed E-state index contributed by atoms with van der Waals surface area (Å²) in [6, 6.07) is 5.53. The van der Waals surface area contributed by atoms with E-state index in [0.29, 0.717) is 35.4 Å². The van der Waals surface area contributed by atoms with Gasteiger partial charge >= 0.3 is 5.97 Å². The van der Waals surface area contributed by atoms with Gasteiger partial charge in [0.05, 0.1) is 29.9 Å². The van der Waals surface area contributed by atoms with Gasteiger partial charge in [-0.15, -0.1) is 0 Å². The van der Waals surface area contributed by atoms with Crippen molar-refractivity contribution in [1.82, 2.24) is 9.78 Å². The Morgan fingerprint density at radius 3 is 3.00 bits per heavy atom. The highest BCUT2D eigenvalue weighted by atomic mass is 35.5. The molecule has 116 valence electrons. The first-order chi connectivity index (χ1) is 10.5. The summed E-state index contributed by atoms with van der Waals surface area (Å²) in [5.41, 5.74) is 1.70. The molecule has 22 heavy (non-hydrogen) atoms. The molecule has 0 radical (unpaired) electrons. The summed E-state index contributed by atoms with van der Waals surface area (Å²) < 4.78 is 7.11. The SMILES string of the molecule is CCOc1ccc([C@@H]2Cn3nc(C)c(C(=O)O)c3N2)cc1Cl. The topological polar surface area (TPSA) is 76.4 Å². The van der Waals surface area contributed by atoms with Gasteiger partial charge in [-0.3, -0.25) is 0 Å². The van der Waals surface area contributed by atoms with Gasteiger partial charge in [-0.25, -0.2) is 9.48 Å². The monoisotopic (exact) mass is 321 g/mol. The van der Waals surface area contributed by atoms with Crippen molar-refractivity contribution in [3.8, 4) is 5.75 Å². The van der Waals surface area contributed by atoms with Crippen molar-refractivity contribution in [2.45, 2.75) is 26.4 Å². The lowest BCUT2D eigenvalue weighted by Gasteiger charge is -2.13. The van der Waals surface area contributed by atoms with E-state index in [1.54, 1.807) is 11.6 Å². The molecule has 0 amide bonds. The lowest BCUT2D eigenvalue weighted by Crippen LogP contribution is -2.10. The Hall–Kier alpha value is -2.21. The Balaban J connectivity index is 1.87. The van der Waals surface area contributed by atoms with Crippen LogP contribution in [0.4, 0.5) is 5.82 Å². The second-order valence-corrected chi connectivity index (χ2v) is 5.52. The lowest BCUT2D eigenvalue weighted by atomic mass is 10.1. The fourth-order valence-corrected chi connectivity index (χ4v) is 2.94. The molecule has 2 N–H and O–H groups in total. The van der Waals surface area contributed by atoms with Gasteiger partial charge in [-0.2, -0.15) is 5.10 Å². The highest BCUT2D eigenvalue weighted by Crippen LogP contribution is 2.35. The number of aromatic nitrogens is 2. The van der Waals surface area contributed by atoms with Crippen molar-refractivity contribution < 1.29 is 14.6 Å². The molecule has 0 aliphatic carbocycles. The number of halogens is 1. The third-order valence-corrected chi connectivity index (χ3v) is 3.96. The minimum Gasteiger partial charge on any atom is -0.492 e. The zero-order valence-corrected chi connectivity index (χ0v) is 13.0. The number of carboxylic acids is 1. The summed E-state index contributed by atoms with van der Waals surface area (Å²) in [5, 5.41) is 17.3. The molecule has 0 fully saturated rings. The Labute approximate surface area is 132 Å². The standard InChI is InChI=1S/C15H16ClN3O3/c1-3-22-12-5-4-9(6-10(12)16)11-7-19-14(17-11)13(15(20)21)8(2)18-19/h4-6,11,17H,3,7H2,1-2H3,(H,20,21)/t11-/m0/s1. The fraction of sp³-hybridized carbons (Fsp3) is 0.333. The first-order valence-corrected chi connectivity index (χ1v) is 7.38. The second kappa shape index (κ2) is 5.53. The van der Waals surface area contributed by atoms with Crippen LogP contribution in [0.3, 0.4) is 0 Å². The van der Waals surface area contributed by atoms with Crippen molar-refractivity contribution in [2.24, 2.45) is 0 Å². The first kappa shape index (κ1) is 14.7. The van der Waals surface area contributed by atoms with E-state index in [9.17, 15) is 9.90 Å². The Morgan fingerprint density at radius 2 is 2.36 bits per heavy atom. The van der Waals surface area contributed by atoms with Crippen LogP contribution >= 0.6 is 11.6 Å². The summed E-state index contributed by atoms with van der Waals surface area (Å²) in [6.07, 6.45) is 0. The number of carboxylic acid groups (broad SMARTS) is 1. The fourth-order valence-electron chi connectivity index (χ4n) is 2.70. The molecule has 0 spiro atoms. The van der Waals surface area contributed by atoms with E-state index in [0.717, 1.165) is 5.56 Å². The van der Waals surface area contributed by atoms with E-state index in [4.69, 9.17) is 16.3 Å². The molecule has 0 unspecified atom stereocenters. The van der Waals surface area contributed by atoms with Gasteiger partial charge in [0.25, 0.3) is 0 Å². The summed E-state index contributed by atoms with van der Waals surface area (Å²) >= 11 is 6.21. The van der Waals surface area contributed by atoms with Crippen molar-refractivity contribution in [3.63, 3.8) is 0 Å². The lowest BCUT2D eigenvalue weighted by molar-refractivity contribution is 0.0697. The molecule has 0 saturated carbocycles. The minimum absolute atomic E-state index is 0.0608. The maximum atomic E-state index is 11.3. The van der Waals surface area contributed by atoms with Gasteiger partial charge in [0.1, 0.15) is 17.1 Å². The van der Waals surface area contributed by atoms with E-state index < -0.39 is 5.97 Å². The van der Waals surface area contributed by atoms with E-state index in [1.807, 2.05) is 25.1 Å². The maximum Gasteiger partial charge on any atom is 0.341 e. The average Bonchev–Trinajstić information content (AvgIpc) is 2.97. The predicted molar refractivity (Wildman–Crippen MR) is 82.9 cm³/mol. The van der Waals surface area contributed by atoms with E-state index in [1.165, 1.54) is 0 Å². The van der Waals surface area contributed by atoms with Crippen LogP contribution in [-0.4, -0.2) is 27.5 Å². The number of hydrogen-bond donors (Lipinski definition) is 2. The number of benzene rings is 1. The quantitative estimate of drug-likeness (QED) is 0.905. The molecule has 2 aromatic rings. The van der Waals surface area contributed by atoms with Gasteiger partial charge in [-0.05, 0) is 31.5 Å². The van der Waals surface area contributed by atoms with Crippen molar-refractivity contribution in [1.29, 1.82) is 0 Å². The second-order valence-electron chi connectivity index (χ2n) is 5.12. The summed E-state index contributed by atoms with van der Waals surface area (Å²) in [5.74, 6) is 0.211. The number of nitrogens with zero attached hydrogens (tertiary/aromatic N) is 2. The van der Waals surface area contributed by atoms with E-state index in [-0.39, 0.29) is 11.6 Å². The van der Waals surface area contributed by atoms with Crippen LogP contribution in [-0.2, 0) is 6.54 Å². The number of aryl methyl sites for hydroxylation is 1.